The molecule has 2 aromatic heterocycles. The van der Waals surface area contributed by atoms with Gasteiger partial charge in [-0.25, -0.2) is 4.98 Å². The van der Waals surface area contributed by atoms with Gasteiger partial charge < -0.3 is 10.1 Å². The maximum Gasteiger partial charge on any atom is 0.137 e. The van der Waals surface area contributed by atoms with Gasteiger partial charge in [0.1, 0.15) is 5.65 Å². The number of likely N-dealkylation sites (tertiary alicyclic amines) is 1. The lowest BCUT2D eigenvalue weighted by Crippen LogP contribution is -2.42. The third kappa shape index (κ3) is 2.33. The molecule has 2 aromatic rings. The van der Waals surface area contributed by atoms with Crippen LogP contribution in [0.1, 0.15) is 18.5 Å². The third-order valence-corrected chi connectivity index (χ3v) is 3.34. The normalized spacial score (nSPS) is 22.1. The maximum absolute atomic E-state index is 5.99. The zero-order valence-corrected chi connectivity index (χ0v) is 9.92. The van der Waals surface area contributed by atoms with Crippen molar-refractivity contribution in [2.45, 2.75) is 25.4 Å². The van der Waals surface area contributed by atoms with Gasteiger partial charge in [0.2, 0.25) is 0 Å². The number of rotatable bonds is 2. The van der Waals surface area contributed by atoms with E-state index in [0.717, 1.165) is 37.4 Å². The van der Waals surface area contributed by atoms with Crippen molar-refractivity contribution in [2.75, 3.05) is 13.1 Å². The second-order valence-corrected chi connectivity index (χ2v) is 4.84. The molecule has 0 bridgehead atoms. The maximum atomic E-state index is 5.99. The lowest BCUT2D eigenvalue weighted by Gasteiger charge is -2.29. The molecule has 17 heavy (non-hydrogen) atoms. The number of aromatic nitrogens is 2. The monoisotopic (exact) mass is 230 g/mol. The molecule has 2 N–H and O–H groups in total. The zero-order valence-electron chi connectivity index (χ0n) is 9.92. The Morgan fingerprint density at radius 2 is 2.35 bits per heavy atom. The molecule has 1 aliphatic rings. The van der Waals surface area contributed by atoms with E-state index < -0.39 is 0 Å². The zero-order chi connectivity index (χ0) is 11.7. The Morgan fingerprint density at radius 1 is 1.41 bits per heavy atom. The Labute approximate surface area is 101 Å². The fourth-order valence-electron chi connectivity index (χ4n) is 2.53. The van der Waals surface area contributed by atoms with Crippen molar-refractivity contribution in [1.82, 2.24) is 14.3 Å². The smallest absolute Gasteiger partial charge is 0.137 e. The highest BCUT2D eigenvalue weighted by molar-refractivity contribution is 5.39. The Hall–Kier alpha value is -1.39. The van der Waals surface area contributed by atoms with Crippen molar-refractivity contribution < 1.29 is 0 Å². The molecule has 1 atom stereocenters. The summed E-state index contributed by atoms with van der Waals surface area (Å²) >= 11 is 0. The van der Waals surface area contributed by atoms with Crippen LogP contribution in [0.15, 0.2) is 30.6 Å². The first kappa shape index (κ1) is 10.7. The van der Waals surface area contributed by atoms with Crippen LogP contribution < -0.4 is 5.73 Å². The molecular weight excluding hydrogens is 212 g/mol. The van der Waals surface area contributed by atoms with Crippen molar-refractivity contribution in [3.63, 3.8) is 0 Å². The minimum absolute atomic E-state index is 0.334. The minimum atomic E-state index is 0.334. The topological polar surface area (TPSA) is 46.6 Å². The predicted molar refractivity (Wildman–Crippen MR) is 67.7 cm³/mol. The summed E-state index contributed by atoms with van der Waals surface area (Å²) in [5, 5.41) is 0. The van der Waals surface area contributed by atoms with Crippen molar-refractivity contribution >= 4 is 5.65 Å². The van der Waals surface area contributed by atoms with E-state index in [1.165, 1.54) is 6.42 Å². The van der Waals surface area contributed by atoms with E-state index in [0.29, 0.717) is 6.04 Å². The molecule has 0 aromatic carbocycles. The van der Waals surface area contributed by atoms with Gasteiger partial charge in [0.25, 0.3) is 0 Å². The Balaban J connectivity index is 1.75. The van der Waals surface area contributed by atoms with E-state index in [4.69, 9.17) is 5.73 Å². The fraction of sp³-hybridized carbons (Fsp3) is 0.462. The Bertz CT molecular complexity index is 472. The van der Waals surface area contributed by atoms with E-state index >= 15 is 0 Å². The molecule has 0 amide bonds. The van der Waals surface area contributed by atoms with Crippen molar-refractivity contribution in [1.29, 1.82) is 0 Å². The molecule has 0 unspecified atom stereocenters. The number of fused-ring (bicyclic) bond motifs is 1. The quantitative estimate of drug-likeness (QED) is 0.844. The summed E-state index contributed by atoms with van der Waals surface area (Å²) in [5.41, 5.74) is 8.13. The second-order valence-electron chi connectivity index (χ2n) is 4.84. The summed E-state index contributed by atoms with van der Waals surface area (Å²) in [6, 6.07) is 6.41. The minimum Gasteiger partial charge on any atom is -0.327 e. The van der Waals surface area contributed by atoms with E-state index in [-0.39, 0.29) is 0 Å². The average molecular weight is 230 g/mol. The number of pyridine rings is 1. The largest absolute Gasteiger partial charge is 0.327 e. The molecule has 3 rings (SSSR count). The van der Waals surface area contributed by atoms with Crippen LogP contribution in [0, 0.1) is 0 Å². The molecule has 90 valence electrons. The number of nitrogens with zero attached hydrogens (tertiary/aromatic N) is 3. The summed E-state index contributed by atoms with van der Waals surface area (Å²) in [4.78, 5) is 7.01. The summed E-state index contributed by atoms with van der Waals surface area (Å²) in [6.07, 6.45) is 6.50. The van der Waals surface area contributed by atoms with Gasteiger partial charge in [0.15, 0.2) is 0 Å². The molecule has 1 saturated heterocycles. The van der Waals surface area contributed by atoms with Crippen LogP contribution >= 0.6 is 0 Å². The number of hydrogen-bond acceptors (Lipinski definition) is 3. The molecule has 4 heteroatoms. The number of piperidine rings is 1. The van der Waals surface area contributed by atoms with Crippen LogP contribution in [-0.4, -0.2) is 33.4 Å². The van der Waals surface area contributed by atoms with Crippen LogP contribution in [0.25, 0.3) is 5.65 Å². The van der Waals surface area contributed by atoms with E-state index in [2.05, 4.69) is 20.5 Å². The highest BCUT2D eigenvalue weighted by atomic mass is 15.2. The summed E-state index contributed by atoms with van der Waals surface area (Å²) in [5.74, 6) is 0. The van der Waals surface area contributed by atoms with Crippen molar-refractivity contribution in [3.05, 3.63) is 36.3 Å². The van der Waals surface area contributed by atoms with Gasteiger partial charge in [-0.15, -0.1) is 0 Å². The van der Waals surface area contributed by atoms with Crippen molar-refractivity contribution in [2.24, 2.45) is 5.73 Å². The van der Waals surface area contributed by atoms with Crippen LogP contribution in [-0.2, 0) is 6.54 Å². The first-order valence-electron chi connectivity index (χ1n) is 6.22. The predicted octanol–water partition coefficient (Wildman–Crippen LogP) is 1.26. The Kier molecular flexibility index (Phi) is 2.82. The fourth-order valence-corrected chi connectivity index (χ4v) is 2.53. The lowest BCUT2D eigenvalue weighted by atomic mass is 10.1. The molecule has 0 spiro atoms. The second kappa shape index (κ2) is 4.47. The van der Waals surface area contributed by atoms with Crippen LogP contribution in [0.2, 0.25) is 0 Å². The molecular formula is C13H18N4. The average Bonchev–Trinajstić information content (AvgIpc) is 2.71. The molecule has 0 aliphatic carbocycles. The molecule has 1 fully saturated rings. The highest BCUT2D eigenvalue weighted by Gasteiger charge is 2.17. The molecule has 0 saturated carbocycles. The summed E-state index contributed by atoms with van der Waals surface area (Å²) in [6.45, 7) is 3.05. The first-order valence-corrected chi connectivity index (χ1v) is 6.22. The number of nitrogens with two attached hydrogens (primary N) is 1. The summed E-state index contributed by atoms with van der Waals surface area (Å²) < 4.78 is 2.07. The van der Waals surface area contributed by atoms with Crippen LogP contribution in [0.3, 0.4) is 0 Å². The first-order chi connectivity index (χ1) is 8.31. The third-order valence-electron chi connectivity index (χ3n) is 3.34. The molecule has 3 heterocycles. The van der Waals surface area contributed by atoms with E-state index in [1.807, 2.05) is 24.4 Å². The number of imidazole rings is 1. The van der Waals surface area contributed by atoms with Crippen LogP contribution in [0.5, 0.6) is 0 Å². The van der Waals surface area contributed by atoms with Gasteiger partial charge in [0.05, 0.1) is 5.69 Å². The molecule has 4 nitrogen and oxygen atoms in total. The van der Waals surface area contributed by atoms with Gasteiger partial charge in [-0.3, -0.25) is 4.90 Å². The summed E-state index contributed by atoms with van der Waals surface area (Å²) in [7, 11) is 0. The standard InChI is InChI=1S/C13H18N4/c14-11-4-3-6-16(8-11)9-12-10-17-7-2-1-5-13(17)15-12/h1-2,5,7,10-11H,3-4,6,8-9,14H2/t11-/m1/s1. The van der Waals surface area contributed by atoms with Crippen molar-refractivity contribution in [3.8, 4) is 0 Å². The number of hydrogen-bond donors (Lipinski definition) is 1. The van der Waals surface area contributed by atoms with Gasteiger partial charge in [0, 0.05) is 31.5 Å². The molecule has 0 radical (unpaired) electrons. The SMILES string of the molecule is N[C@@H]1CCCN(Cc2cn3ccccc3n2)C1. The van der Waals surface area contributed by atoms with Gasteiger partial charge >= 0.3 is 0 Å². The van der Waals surface area contributed by atoms with E-state index in [1.54, 1.807) is 0 Å². The Morgan fingerprint density at radius 3 is 3.18 bits per heavy atom. The van der Waals surface area contributed by atoms with E-state index in [9.17, 15) is 0 Å². The van der Waals surface area contributed by atoms with Gasteiger partial charge in [-0.1, -0.05) is 6.07 Å². The van der Waals surface area contributed by atoms with Gasteiger partial charge in [-0.2, -0.15) is 0 Å². The van der Waals surface area contributed by atoms with Gasteiger partial charge in [-0.05, 0) is 31.5 Å². The highest BCUT2D eigenvalue weighted by Crippen LogP contribution is 2.12. The lowest BCUT2D eigenvalue weighted by molar-refractivity contribution is 0.200. The molecule has 1 aliphatic heterocycles. The van der Waals surface area contributed by atoms with Crippen LogP contribution in [0.4, 0.5) is 0 Å².